The van der Waals surface area contributed by atoms with Crippen LogP contribution >= 0.6 is 11.6 Å². The molecule has 1 aromatic rings. The molecule has 4 heteroatoms. The highest BCUT2D eigenvalue weighted by Gasteiger charge is 2.24. The van der Waals surface area contributed by atoms with Gasteiger partial charge in [-0.1, -0.05) is 23.7 Å². The van der Waals surface area contributed by atoms with Gasteiger partial charge in [0.05, 0.1) is 0 Å². The van der Waals surface area contributed by atoms with E-state index in [-0.39, 0.29) is 12.6 Å². The van der Waals surface area contributed by atoms with Crippen LogP contribution in [0.4, 0.5) is 0 Å². The monoisotopic (exact) mass is 268 g/mol. The number of nitrogens with zero attached hydrogens (tertiary/aromatic N) is 1. The summed E-state index contributed by atoms with van der Waals surface area (Å²) in [5, 5.41) is 13.5. The minimum absolute atomic E-state index is 0.194. The minimum atomic E-state index is 0.194. The van der Waals surface area contributed by atoms with Crippen LogP contribution in [0.25, 0.3) is 0 Å². The molecule has 100 valence electrons. The Labute approximate surface area is 114 Å². The second-order valence-electron chi connectivity index (χ2n) is 4.78. The average Bonchev–Trinajstić information content (AvgIpc) is 2.38. The molecule has 1 atom stereocenters. The molecule has 1 aromatic carbocycles. The highest BCUT2D eigenvalue weighted by Crippen LogP contribution is 2.32. The lowest BCUT2D eigenvalue weighted by molar-refractivity contribution is 0.141. The quantitative estimate of drug-likeness (QED) is 0.877. The van der Waals surface area contributed by atoms with Crippen molar-refractivity contribution in [2.24, 2.45) is 0 Å². The summed E-state index contributed by atoms with van der Waals surface area (Å²) < 4.78 is 0. The molecule has 1 aliphatic rings. The third-order valence-corrected chi connectivity index (χ3v) is 3.93. The van der Waals surface area contributed by atoms with E-state index in [0.717, 1.165) is 37.6 Å². The van der Waals surface area contributed by atoms with Crippen molar-refractivity contribution in [2.75, 3.05) is 32.8 Å². The van der Waals surface area contributed by atoms with E-state index in [1.54, 1.807) is 0 Å². The van der Waals surface area contributed by atoms with Crippen LogP contribution in [0, 0.1) is 6.92 Å². The maximum Gasteiger partial charge on any atom is 0.0456 e. The van der Waals surface area contributed by atoms with Crippen LogP contribution in [-0.4, -0.2) is 42.8 Å². The van der Waals surface area contributed by atoms with Crippen molar-refractivity contribution in [1.82, 2.24) is 10.2 Å². The maximum atomic E-state index is 9.33. The van der Waals surface area contributed by atoms with E-state index in [1.165, 1.54) is 11.1 Å². The number of rotatable bonds is 4. The summed E-state index contributed by atoms with van der Waals surface area (Å²) in [6.07, 6.45) is 0.741. The van der Waals surface area contributed by atoms with Gasteiger partial charge in [0.25, 0.3) is 0 Å². The molecule has 2 N–H and O–H groups in total. The van der Waals surface area contributed by atoms with Gasteiger partial charge in [0.15, 0.2) is 0 Å². The smallest absolute Gasteiger partial charge is 0.0456 e. The Morgan fingerprint density at radius 3 is 2.72 bits per heavy atom. The van der Waals surface area contributed by atoms with Crippen LogP contribution in [0.2, 0.25) is 5.02 Å². The molecule has 1 fully saturated rings. The summed E-state index contributed by atoms with van der Waals surface area (Å²) in [6.45, 7) is 6.31. The summed E-state index contributed by atoms with van der Waals surface area (Å²) in [6, 6.07) is 6.24. The lowest BCUT2D eigenvalue weighted by atomic mass is 9.97. The summed E-state index contributed by atoms with van der Waals surface area (Å²) >= 11 is 6.36. The highest BCUT2D eigenvalue weighted by molar-refractivity contribution is 6.31. The predicted molar refractivity (Wildman–Crippen MR) is 75.1 cm³/mol. The van der Waals surface area contributed by atoms with Gasteiger partial charge in [-0.2, -0.15) is 0 Å². The Kier molecular flexibility index (Phi) is 5.01. The largest absolute Gasteiger partial charge is 0.396 e. The molecule has 2 rings (SSSR count). The number of nitrogens with one attached hydrogen (secondary N) is 1. The molecule has 0 saturated carbocycles. The van der Waals surface area contributed by atoms with E-state index >= 15 is 0 Å². The second-order valence-corrected chi connectivity index (χ2v) is 5.19. The fourth-order valence-electron chi connectivity index (χ4n) is 2.69. The zero-order chi connectivity index (χ0) is 13.0. The van der Waals surface area contributed by atoms with Gasteiger partial charge in [0, 0.05) is 43.9 Å². The summed E-state index contributed by atoms with van der Waals surface area (Å²) in [4.78, 5) is 2.42. The average molecular weight is 269 g/mol. The molecular formula is C14H21ClN2O. The first kappa shape index (κ1) is 13.8. The summed E-state index contributed by atoms with van der Waals surface area (Å²) in [5.74, 6) is 0. The molecule has 0 radical (unpaired) electrons. The third kappa shape index (κ3) is 3.04. The van der Waals surface area contributed by atoms with Crippen LogP contribution < -0.4 is 5.32 Å². The molecule has 0 aliphatic carbocycles. The molecule has 0 amide bonds. The summed E-state index contributed by atoms with van der Waals surface area (Å²) in [7, 11) is 0. The van der Waals surface area contributed by atoms with E-state index < -0.39 is 0 Å². The number of halogens is 1. The number of piperazine rings is 1. The van der Waals surface area contributed by atoms with E-state index in [2.05, 4.69) is 23.2 Å². The fourth-order valence-corrected chi connectivity index (χ4v) is 3.04. The molecule has 0 spiro atoms. The predicted octanol–water partition coefficient (Wildman–Crippen LogP) is 1.98. The molecule has 3 nitrogen and oxygen atoms in total. The number of aryl methyl sites for hydroxylation is 1. The van der Waals surface area contributed by atoms with Crippen LogP contribution in [-0.2, 0) is 0 Å². The maximum absolute atomic E-state index is 9.33. The van der Waals surface area contributed by atoms with Crippen LogP contribution in [0.5, 0.6) is 0 Å². The van der Waals surface area contributed by atoms with Gasteiger partial charge in [-0.15, -0.1) is 0 Å². The van der Waals surface area contributed by atoms with E-state index in [1.807, 2.05) is 12.1 Å². The van der Waals surface area contributed by atoms with Crippen molar-refractivity contribution in [2.45, 2.75) is 19.4 Å². The molecule has 1 aliphatic heterocycles. The van der Waals surface area contributed by atoms with Crippen molar-refractivity contribution in [1.29, 1.82) is 0 Å². The fraction of sp³-hybridized carbons (Fsp3) is 0.571. The van der Waals surface area contributed by atoms with Gasteiger partial charge in [-0.25, -0.2) is 0 Å². The Balaban J connectivity index is 2.28. The number of benzene rings is 1. The van der Waals surface area contributed by atoms with Gasteiger partial charge in [-0.05, 0) is 30.5 Å². The highest BCUT2D eigenvalue weighted by atomic mass is 35.5. The Bertz CT molecular complexity index is 371. The number of hydrogen-bond acceptors (Lipinski definition) is 3. The van der Waals surface area contributed by atoms with Crippen LogP contribution in [0.1, 0.15) is 23.6 Å². The van der Waals surface area contributed by atoms with E-state index in [4.69, 9.17) is 11.6 Å². The zero-order valence-corrected chi connectivity index (χ0v) is 11.6. The van der Waals surface area contributed by atoms with Crippen molar-refractivity contribution in [3.8, 4) is 0 Å². The third-order valence-electron chi connectivity index (χ3n) is 3.60. The van der Waals surface area contributed by atoms with Gasteiger partial charge in [0.1, 0.15) is 0 Å². The molecule has 18 heavy (non-hydrogen) atoms. The zero-order valence-electron chi connectivity index (χ0n) is 10.8. The Hall–Kier alpha value is -0.610. The molecular weight excluding hydrogens is 248 g/mol. The normalized spacial score (nSPS) is 18.8. The standard InChI is InChI=1S/C14H21ClN2O/c1-11-3-2-4-12(15)14(11)13(5-10-18)17-8-6-16-7-9-17/h2-4,13,16,18H,5-10H2,1H3/t13-/m1/s1. The van der Waals surface area contributed by atoms with Gasteiger partial charge >= 0.3 is 0 Å². The first-order valence-corrected chi connectivity index (χ1v) is 6.92. The molecule has 1 heterocycles. The van der Waals surface area contributed by atoms with Crippen LogP contribution in [0.15, 0.2) is 18.2 Å². The molecule has 0 aromatic heterocycles. The van der Waals surface area contributed by atoms with E-state index in [0.29, 0.717) is 0 Å². The molecule has 1 saturated heterocycles. The minimum Gasteiger partial charge on any atom is -0.396 e. The molecule has 0 unspecified atom stereocenters. The first-order chi connectivity index (χ1) is 8.74. The topological polar surface area (TPSA) is 35.5 Å². The lowest BCUT2D eigenvalue weighted by Gasteiger charge is -2.36. The van der Waals surface area contributed by atoms with Crippen molar-refractivity contribution in [3.63, 3.8) is 0 Å². The second kappa shape index (κ2) is 6.53. The van der Waals surface area contributed by atoms with Crippen LogP contribution in [0.3, 0.4) is 0 Å². The summed E-state index contributed by atoms with van der Waals surface area (Å²) in [5.41, 5.74) is 2.38. The number of aliphatic hydroxyl groups is 1. The first-order valence-electron chi connectivity index (χ1n) is 6.54. The Morgan fingerprint density at radius 2 is 2.11 bits per heavy atom. The van der Waals surface area contributed by atoms with Crippen molar-refractivity contribution < 1.29 is 5.11 Å². The number of aliphatic hydroxyl groups excluding tert-OH is 1. The van der Waals surface area contributed by atoms with Crippen molar-refractivity contribution in [3.05, 3.63) is 34.3 Å². The van der Waals surface area contributed by atoms with Gasteiger partial charge in [-0.3, -0.25) is 4.90 Å². The lowest BCUT2D eigenvalue weighted by Crippen LogP contribution is -2.45. The van der Waals surface area contributed by atoms with Gasteiger partial charge < -0.3 is 10.4 Å². The SMILES string of the molecule is Cc1cccc(Cl)c1[C@@H](CCO)N1CCNCC1. The van der Waals surface area contributed by atoms with Crippen molar-refractivity contribution >= 4 is 11.6 Å². The Morgan fingerprint density at radius 1 is 1.39 bits per heavy atom. The molecule has 0 bridgehead atoms. The number of hydrogen-bond donors (Lipinski definition) is 2. The van der Waals surface area contributed by atoms with Gasteiger partial charge in [0.2, 0.25) is 0 Å². The van der Waals surface area contributed by atoms with E-state index in [9.17, 15) is 5.11 Å².